The number of aromatic nitrogens is 3. The van der Waals surface area contributed by atoms with Crippen LogP contribution in [-0.4, -0.2) is 62.5 Å². The number of H-pyrrole nitrogens is 1. The van der Waals surface area contributed by atoms with E-state index < -0.39 is 6.04 Å². The first kappa shape index (κ1) is 17.4. The molecular weight excluding hydrogens is 370 g/mol. The smallest absolute Gasteiger partial charge is 0.255 e. The summed E-state index contributed by atoms with van der Waals surface area (Å²) in [6.07, 6.45) is 7.61. The first-order valence-electron chi connectivity index (χ1n) is 10.7. The molecule has 1 unspecified atom stereocenters. The van der Waals surface area contributed by atoms with Gasteiger partial charge in [-0.1, -0.05) is 0 Å². The highest BCUT2D eigenvalue weighted by Gasteiger charge is 2.57. The van der Waals surface area contributed by atoms with E-state index in [-0.39, 0.29) is 24.3 Å². The van der Waals surface area contributed by atoms with Gasteiger partial charge < -0.3 is 20.3 Å². The van der Waals surface area contributed by atoms with Crippen LogP contribution in [0.5, 0.6) is 0 Å². The number of rotatable bonds is 6. The van der Waals surface area contributed by atoms with Crippen molar-refractivity contribution in [1.29, 1.82) is 0 Å². The highest BCUT2D eigenvalue weighted by molar-refractivity contribution is 6.06. The van der Waals surface area contributed by atoms with E-state index in [1.807, 2.05) is 4.90 Å². The molecular formula is C21H25N5O3. The predicted octanol–water partition coefficient (Wildman–Crippen LogP) is 1.04. The third-order valence-electron chi connectivity index (χ3n) is 7.18. The molecule has 8 heteroatoms. The second-order valence-corrected chi connectivity index (χ2v) is 9.17. The number of hydrogen-bond acceptors (Lipinski definition) is 5. The fourth-order valence-corrected chi connectivity index (χ4v) is 4.98. The van der Waals surface area contributed by atoms with Gasteiger partial charge in [0.05, 0.1) is 17.5 Å². The molecule has 2 aromatic heterocycles. The van der Waals surface area contributed by atoms with Gasteiger partial charge in [0.2, 0.25) is 5.91 Å². The van der Waals surface area contributed by atoms with Crippen molar-refractivity contribution >= 4 is 23.0 Å². The van der Waals surface area contributed by atoms with E-state index in [0.717, 1.165) is 31.4 Å². The van der Waals surface area contributed by atoms with Crippen molar-refractivity contribution in [3.63, 3.8) is 0 Å². The number of piperidine rings is 1. The fourth-order valence-electron chi connectivity index (χ4n) is 4.98. The van der Waals surface area contributed by atoms with Gasteiger partial charge in [0, 0.05) is 31.8 Å². The van der Waals surface area contributed by atoms with Crippen LogP contribution in [-0.2, 0) is 4.79 Å². The summed E-state index contributed by atoms with van der Waals surface area (Å²) in [6, 6.07) is -0.475. The number of aliphatic hydroxyl groups is 1. The quantitative estimate of drug-likeness (QED) is 0.677. The van der Waals surface area contributed by atoms with Gasteiger partial charge in [-0.2, -0.15) is 0 Å². The van der Waals surface area contributed by atoms with Crippen molar-refractivity contribution in [2.45, 2.75) is 37.6 Å². The molecule has 0 bridgehead atoms. The van der Waals surface area contributed by atoms with Crippen LogP contribution in [0.15, 0.2) is 12.4 Å². The standard InChI is InChI=1S/C21H25N5O3/c27-9-15-13-7-26(8-14(13)15)21(29)17(11-3-4-11)25-20(28)12-5-22-19-18(12)24-16(6-23-19)10-1-2-10/h5-6,10-11,13-15,17,27H,1-4,7-9H2,(H,22,23)(H,25,28)/t13-,14+,15?,17-/m1/s1. The lowest BCUT2D eigenvalue weighted by Crippen LogP contribution is -2.50. The molecule has 3 heterocycles. The van der Waals surface area contributed by atoms with Crippen molar-refractivity contribution in [2.75, 3.05) is 19.7 Å². The van der Waals surface area contributed by atoms with Crippen molar-refractivity contribution in [3.05, 3.63) is 23.7 Å². The molecule has 0 spiro atoms. The summed E-state index contributed by atoms with van der Waals surface area (Å²) >= 11 is 0. The molecule has 4 atom stereocenters. The maximum Gasteiger partial charge on any atom is 0.255 e. The van der Waals surface area contributed by atoms with Gasteiger partial charge in [-0.15, -0.1) is 0 Å². The second kappa shape index (κ2) is 6.26. The largest absolute Gasteiger partial charge is 0.396 e. The van der Waals surface area contributed by atoms with E-state index in [2.05, 4.69) is 20.3 Å². The number of fused-ring (bicyclic) bond motifs is 2. The molecule has 1 saturated heterocycles. The summed E-state index contributed by atoms with van der Waals surface area (Å²) in [5.74, 6) is 1.67. The monoisotopic (exact) mass is 395 g/mol. The van der Waals surface area contributed by atoms with Gasteiger partial charge in [-0.3, -0.25) is 9.59 Å². The highest BCUT2D eigenvalue weighted by Crippen LogP contribution is 2.51. The average molecular weight is 395 g/mol. The lowest BCUT2D eigenvalue weighted by Gasteiger charge is -2.26. The zero-order chi connectivity index (χ0) is 19.7. The Labute approximate surface area is 168 Å². The minimum atomic E-state index is -0.475. The van der Waals surface area contributed by atoms with Crippen LogP contribution in [0.2, 0.25) is 0 Å². The van der Waals surface area contributed by atoms with Crippen LogP contribution < -0.4 is 5.32 Å². The Bertz CT molecular complexity index is 983. The van der Waals surface area contributed by atoms with E-state index >= 15 is 0 Å². The minimum absolute atomic E-state index is 0.0225. The topological polar surface area (TPSA) is 111 Å². The molecule has 4 fully saturated rings. The molecule has 152 valence electrons. The summed E-state index contributed by atoms with van der Waals surface area (Å²) in [6.45, 7) is 1.62. The number of amides is 2. The number of nitrogens with one attached hydrogen (secondary N) is 2. The van der Waals surface area contributed by atoms with E-state index in [1.165, 1.54) is 0 Å². The number of carbonyl (C=O) groups is 2. The SMILES string of the molecule is O=C(N[C@@H](C(=O)N1C[C@@H]2C(CO)[C@@H]2C1)C1CC1)c1c[nH]c2ncc(C3CC3)nc12. The molecule has 2 amide bonds. The Hall–Kier alpha value is -2.48. The predicted molar refractivity (Wildman–Crippen MR) is 104 cm³/mol. The normalized spacial score (nSPS) is 29.0. The van der Waals surface area contributed by atoms with E-state index in [0.29, 0.717) is 53.5 Å². The number of nitrogens with zero attached hydrogens (tertiary/aromatic N) is 3. The molecule has 3 N–H and O–H groups in total. The Morgan fingerprint density at radius 3 is 2.66 bits per heavy atom. The molecule has 0 aromatic carbocycles. The lowest BCUT2D eigenvalue weighted by molar-refractivity contribution is -0.133. The van der Waals surface area contributed by atoms with Crippen LogP contribution in [0, 0.1) is 23.7 Å². The third-order valence-corrected chi connectivity index (χ3v) is 7.18. The maximum absolute atomic E-state index is 13.1. The zero-order valence-electron chi connectivity index (χ0n) is 16.2. The van der Waals surface area contributed by atoms with Crippen LogP contribution in [0.1, 0.15) is 47.7 Å². The summed E-state index contributed by atoms with van der Waals surface area (Å²) in [4.78, 5) is 40.1. The summed E-state index contributed by atoms with van der Waals surface area (Å²) in [7, 11) is 0. The van der Waals surface area contributed by atoms with Crippen molar-refractivity contribution < 1.29 is 14.7 Å². The molecule has 2 aromatic rings. The molecule has 29 heavy (non-hydrogen) atoms. The van der Waals surface area contributed by atoms with Crippen molar-refractivity contribution in [3.8, 4) is 0 Å². The highest BCUT2D eigenvalue weighted by atomic mass is 16.3. The first-order valence-corrected chi connectivity index (χ1v) is 10.7. The van der Waals surface area contributed by atoms with Crippen LogP contribution >= 0.6 is 0 Å². The maximum atomic E-state index is 13.1. The van der Waals surface area contributed by atoms with Gasteiger partial charge in [-0.05, 0) is 49.4 Å². The Kier molecular flexibility index (Phi) is 3.75. The lowest BCUT2D eigenvalue weighted by atomic mass is 10.1. The zero-order valence-corrected chi connectivity index (χ0v) is 16.2. The number of carbonyl (C=O) groups excluding carboxylic acids is 2. The third kappa shape index (κ3) is 2.92. The molecule has 4 aliphatic rings. The fraction of sp³-hybridized carbons (Fsp3) is 0.619. The number of likely N-dealkylation sites (tertiary alicyclic amines) is 1. The summed E-state index contributed by atoms with van der Waals surface area (Å²) in [5.41, 5.74) is 2.58. The number of hydrogen-bond donors (Lipinski definition) is 3. The van der Waals surface area contributed by atoms with Crippen LogP contribution in [0.4, 0.5) is 0 Å². The Morgan fingerprint density at radius 2 is 2.00 bits per heavy atom. The van der Waals surface area contributed by atoms with Crippen LogP contribution in [0.3, 0.4) is 0 Å². The van der Waals surface area contributed by atoms with E-state index in [9.17, 15) is 14.7 Å². The van der Waals surface area contributed by atoms with Crippen LogP contribution in [0.25, 0.3) is 11.2 Å². The number of aliphatic hydroxyl groups excluding tert-OH is 1. The Morgan fingerprint density at radius 1 is 1.24 bits per heavy atom. The van der Waals surface area contributed by atoms with E-state index in [4.69, 9.17) is 0 Å². The van der Waals surface area contributed by atoms with Gasteiger partial charge in [0.1, 0.15) is 11.6 Å². The van der Waals surface area contributed by atoms with Gasteiger partial charge in [-0.25, -0.2) is 9.97 Å². The number of aromatic amines is 1. The summed E-state index contributed by atoms with van der Waals surface area (Å²) < 4.78 is 0. The minimum Gasteiger partial charge on any atom is -0.396 e. The van der Waals surface area contributed by atoms with Gasteiger partial charge in [0.25, 0.3) is 5.91 Å². The average Bonchev–Trinajstić information content (AvgIpc) is 3.67. The van der Waals surface area contributed by atoms with Crippen molar-refractivity contribution in [2.24, 2.45) is 23.7 Å². The summed E-state index contributed by atoms with van der Waals surface area (Å²) in [5, 5.41) is 12.3. The molecule has 6 rings (SSSR count). The molecule has 3 aliphatic carbocycles. The van der Waals surface area contributed by atoms with Gasteiger partial charge >= 0.3 is 0 Å². The van der Waals surface area contributed by atoms with Crippen molar-refractivity contribution in [1.82, 2.24) is 25.2 Å². The molecule has 8 nitrogen and oxygen atoms in total. The first-order chi connectivity index (χ1) is 14.1. The van der Waals surface area contributed by atoms with Gasteiger partial charge in [0.15, 0.2) is 5.65 Å². The molecule has 0 radical (unpaired) electrons. The second-order valence-electron chi connectivity index (χ2n) is 9.17. The molecule has 1 aliphatic heterocycles. The van der Waals surface area contributed by atoms with E-state index in [1.54, 1.807) is 12.4 Å². The molecule has 3 saturated carbocycles. The Balaban J connectivity index is 1.20.